The normalized spacial score (nSPS) is 14.9. The van der Waals surface area contributed by atoms with Gasteiger partial charge in [-0.25, -0.2) is 4.79 Å². The van der Waals surface area contributed by atoms with E-state index in [-0.39, 0.29) is 18.7 Å². The molecule has 152 valence electrons. The van der Waals surface area contributed by atoms with Crippen LogP contribution in [0, 0.1) is 0 Å². The van der Waals surface area contributed by atoms with Crippen molar-refractivity contribution < 1.29 is 23.5 Å². The Hall–Kier alpha value is -2.65. The molecule has 0 radical (unpaired) electrons. The number of hydrogen-bond acceptors (Lipinski definition) is 7. The number of anilines is 1. The number of ether oxygens (including phenoxy) is 3. The van der Waals surface area contributed by atoms with Crippen molar-refractivity contribution in [2.75, 3.05) is 39.2 Å². The van der Waals surface area contributed by atoms with Gasteiger partial charge in [0.05, 0.1) is 19.8 Å². The Bertz CT molecular complexity index is 758. The van der Waals surface area contributed by atoms with Crippen molar-refractivity contribution in [3.8, 4) is 5.75 Å². The number of amides is 2. The number of piperidine rings is 1. The van der Waals surface area contributed by atoms with Crippen LogP contribution in [0.15, 0.2) is 28.8 Å². The predicted molar refractivity (Wildman–Crippen MR) is 101 cm³/mol. The van der Waals surface area contributed by atoms with Crippen LogP contribution in [0.3, 0.4) is 0 Å². The quantitative estimate of drug-likeness (QED) is 0.739. The molecule has 2 aromatic rings. The number of aromatic nitrogens is 2. The molecule has 28 heavy (non-hydrogen) atoms. The van der Waals surface area contributed by atoms with Crippen LogP contribution in [0.2, 0.25) is 0 Å². The van der Waals surface area contributed by atoms with Gasteiger partial charge in [0.25, 0.3) is 5.89 Å². The molecule has 1 aromatic heterocycles. The standard InChI is InChI=1S/C19H26N4O5/c1-25-11-8-17-21-18(28-22-17)13-27-15-6-9-23(10-7-15)19(24)20-14-4-3-5-16(12-14)26-2/h3-5,12,15H,6-11,13H2,1-2H3,(H,20,24). The van der Waals surface area contributed by atoms with Crippen LogP contribution in [0.1, 0.15) is 24.6 Å². The molecule has 2 heterocycles. The van der Waals surface area contributed by atoms with E-state index >= 15 is 0 Å². The molecular formula is C19H26N4O5. The average molecular weight is 390 g/mol. The lowest BCUT2D eigenvalue weighted by Gasteiger charge is -2.31. The molecule has 0 atom stereocenters. The van der Waals surface area contributed by atoms with Gasteiger partial charge in [0.2, 0.25) is 0 Å². The van der Waals surface area contributed by atoms with E-state index in [2.05, 4.69) is 15.5 Å². The van der Waals surface area contributed by atoms with E-state index in [4.69, 9.17) is 18.7 Å². The summed E-state index contributed by atoms with van der Waals surface area (Å²) in [4.78, 5) is 18.5. The summed E-state index contributed by atoms with van der Waals surface area (Å²) >= 11 is 0. The second kappa shape index (κ2) is 10.0. The number of benzene rings is 1. The van der Waals surface area contributed by atoms with Crippen LogP contribution in [0.4, 0.5) is 10.5 Å². The molecule has 1 fully saturated rings. The van der Waals surface area contributed by atoms with Gasteiger partial charge in [0.15, 0.2) is 5.82 Å². The zero-order valence-corrected chi connectivity index (χ0v) is 16.2. The Balaban J connectivity index is 1.40. The van der Waals surface area contributed by atoms with Gasteiger partial charge >= 0.3 is 6.03 Å². The largest absolute Gasteiger partial charge is 0.497 e. The van der Waals surface area contributed by atoms with Gasteiger partial charge in [-0.05, 0) is 25.0 Å². The molecule has 1 aliphatic rings. The van der Waals surface area contributed by atoms with Crippen molar-refractivity contribution >= 4 is 11.7 Å². The Labute approximate surface area is 163 Å². The number of carbonyl (C=O) groups excluding carboxylic acids is 1. The minimum absolute atomic E-state index is 0.0650. The molecule has 0 saturated carbocycles. The summed E-state index contributed by atoms with van der Waals surface area (Å²) in [6.45, 7) is 2.09. The van der Waals surface area contributed by atoms with E-state index in [0.29, 0.717) is 49.3 Å². The van der Waals surface area contributed by atoms with Crippen molar-refractivity contribution in [1.29, 1.82) is 0 Å². The lowest BCUT2D eigenvalue weighted by Crippen LogP contribution is -2.43. The van der Waals surface area contributed by atoms with Gasteiger partial charge in [-0.2, -0.15) is 4.98 Å². The summed E-state index contributed by atoms with van der Waals surface area (Å²) in [6.07, 6.45) is 2.20. The van der Waals surface area contributed by atoms with Crippen LogP contribution >= 0.6 is 0 Å². The number of carbonyl (C=O) groups is 1. The van der Waals surface area contributed by atoms with Crippen molar-refractivity contribution in [1.82, 2.24) is 15.0 Å². The van der Waals surface area contributed by atoms with Gasteiger partial charge in [-0.15, -0.1) is 0 Å². The fourth-order valence-corrected chi connectivity index (χ4v) is 2.96. The molecule has 1 N–H and O–H groups in total. The summed E-state index contributed by atoms with van der Waals surface area (Å²) in [5.41, 5.74) is 0.711. The average Bonchev–Trinajstić information content (AvgIpc) is 3.19. The van der Waals surface area contributed by atoms with E-state index in [9.17, 15) is 4.79 Å². The molecule has 2 amide bonds. The first-order valence-electron chi connectivity index (χ1n) is 9.30. The molecular weight excluding hydrogens is 364 g/mol. The Morgan fingerprint density at radius 1 is 1.32 bits per heavy atom. The van der Waals surface area contributed by atoms with Gasteiger partial charge < -0.3 is 29.0 Å². The van der Waals surface area contributed by atoms with Crippen molar-refractivity contribution in [3.63, 3.8) is 0 Å². The molecule has 1 aliphatic heterocycles. The first-order chi connectivity index (χ1) is 13.7. The third kappa shape index (κ3) is 5.67. The highest BCUT2D eigenvalue weighted by Crippen LogP contribution is 2.19. The molecule has 3 rings (SSSR count). The number of nitrogens with zero attached hydrogens (tertiary/aromatic N) is 3. The van der Waals surface area contributed by atoms with E-state index < -0.39 is 0 Å². The van der Waals surface area contributed by atoms with E-state index in [0.717, 1.165) is 12.8 Å². The van der Waals surface area contributed by atoms with Crippen LogP contribution in [0.25, 0.3) is 0 Å². The molecule has 1 aromatic carbocycles. The minimum atomic E-state index is -0.119. The van der Waals surface area contributed by atoms with Crippen molar-refractivity contribution in [2.45, 2.75) is 32.0 Å². The summed E-state index contributed by atoms with van der Waals surface area (Å²) < 4.78 is 21.2. The summed E-state index contributed by atoms with van der Waals surface area (Å²) in [6, 6.07) is 7.18. The number of likely N-dealkylation sites (tertiary alicyclic amines) is 1. The van der Waals surface area contributed by atoms with Gasteiger partial charge in [-0.1, -0.05) is 11.2 Å². The third-order valence-corrected chi connectivity index (χ3v) is 4.53. The first-order valence-corrected chi connectivity index (χ1v) is 9.30. The smallest absolute Gasteiger partial charge is 0.321 e. The monoisotopic (exact) mass is 390 g/mol. The maximum atomic E-state index is 12.4. The summed E-state index contributed by atoms with van der Waals surface area (Å²) in [5, 5.41) is 6.79. The Morgan fingerprint density at radius 3 is 2.89 bits per heavy atom. The predicted octanol–water partition coefficient (Wildman–Crippen LogP) is 2.48. The molecule has 1 saturated heterocycles. The fourth-order valence-electron chi connectivity index (χ4n) is 2.96. The van der Waals surface area contributed by atoms with Crippen LogP contribution in [-0.4, -0.2) is 61.1 Å². The van der Waals surface area contributed by atoms with Crippen molar-refractivity contribution in [2.24, 2.45) is 0 Å². The van der Waals surface area contributed by atoms with Crippen LogP contribution < -0.4 is 10.1 Å². The summed E-state index contributed by atoms with van der Waals surface area (Å²) in [5.74, 6) is 1.78. The molecule has 0 aliphatic carbocycles. The SMILES string of the molecule is COCCc1noc(COC2CCN(C(=O)Nc3cccc(OC)c3)CC2)n1. The maximum Gasteiger partial charge on any atom is 0.321 e. The third-order valence-electron chi connectivity index (χ3n) is 4.53. The van der Waals surface area contributed by atoms with E-state index in [1.807, 2.05) is 18.2 Å². The topological polar surface area (TPSA) is 99.0 Å². The first kappa shape index (κ1) is 20.1. The van der Waals surface area contributed by atoms with Crippen molar-refractivity contribution in [3.05, 3.63) is 36.0 Å². The minimum Gasteiger partial charge on any atom is -0.497 e. The summed E-state index contributed by atoms with van der Waals surface area (Å²) in [7, 11) is 3.23. The fraction of sp³-hybridized carbons (Fsp3) is 0.526. The zero-order chi connectivity index (χ0) is 19.8. The van der Waals surface area contributed by atoms with Crippen LogP contribution in [0.5, 0.6) is 5.75 Å². The molecule has 0 bridgehead atoms. The highest BCUT2D eigenvalue weighted by atomic mass is 16.5. The second-order valence-corrected chi connectivity index (χ2v) is 6.51. The van der Waals surface area contributed by atoms with Gasteiger partial charge in [-0.3, -0.25) is 0 Å². The number of urea groups is 1. The second-order valence-electron chi connectivity index (χ2n) is 6.51. The molecule has 9 heteroatoms. The lowest BCUT2D eigenvalue weighted by molar-refractivity contribution is -0.00532. The number of methoxy groups -OCH3 is 2. The number of nitrogens with one attached hydrogen (secondary N) is 1. The zero-order valence-electron chi connectivity index (χ0n) is 16.2. The lowest BCUT2D eigenvalue weighted by atomic mass is 10.1. The highest BCUT2D eigenvalue weighted by molar-refractivity contribution is 5.89. The molecule has 0 spiro atoms. The number of rotatable bonds is 8. The Kier molecular flexibility index (Phi) is 7.21. The van der Waals surface area contributed by atoms with Gasteiger partial charge in [0, 0.05) is 38.4 Å². The van der Waals surface area contributed by atoms with Crippen LogP contribution in [-0.2, 0) is 22.5 Å². The van der Waals surface area contributed by atoms with E-state index in [1.54, 1.807) is 25.2 Å². The molecule has 9 nitrogen and oxygen atoms in total. The maximum absolute atomic E-state index is 12.4. The highest BCUT2D eigenvalue weighted by Gasteiger charge is 2.24. The van der Waals surface area contributed by atoms with E-state index in [1.165, 1.54) is 0 Å². The number of hydrogen-bond donors (Lipinski definition) is 1. The molecule has 0 unspecified atom stereocenters. The Morgan fingerprint density at radius 2 is 2.14 bits per heavy atom. The van der Waals surface area contributed by atoms with Gasteiger partial charge in [0.1, 0.15) is 12.4 Å².